The van der Waals surface area contributed by atoms with Crippen LogP contribution in [0.15, 0.2) is 12.4 Å². The molecule has 5 nitrogen and oxygen atoms in total. The van der Waals surface area contributed by atoms with E-state index in [1.165, 1.54) is 6.20 Å². The van der Waals surface area contributed by atoms with Crippen LogP contribution >= 0.6 is 11.6 Å². The summed E-state index contributed by atoms with van der Waals surface area (Å²) in [5.74, 6) is 0.623. The van der Waals surface area contributed by atoms with E-state index < -0.39 is 6.10 Å². The number of likely N-dealkylation sites (N-methyl/N-ethyl adjacent to an activating group) is 1. The lowest BCUT2D eigenvalue weighted by Crippen LogP contribution is -2.32. The van der Waals surface area contributed by atoms with E-state index in [-0.39, 0.29) is 0 Å². The molecule has 0 spiro atoms. The van der Waals surface area contributed by atoms with Gasteiger partial charge in [0.1, 0.15) is 11.0 Å². The van der Waals surface area contributed by atoms with Crippen LogP contribution in [0.3, 0.4) is 0 Å². The van der Waals surface area contributed by atoms with Gasteiger partial charge in [-0.05, 0) is 0 Å². The second-order valence-electron chi connectivity index (χ2n) is 3.19. The summed E-state index contributed by atoms with van der Waals surface area (Å²) in [6, 6.07) is 0. The summed E-state index contributed by atoms with van der Waals surface area (Å²) in [6.07, 6.45) is 2.50. The molecule has 1 N–H and O–H groups in total. The van der Waals surface area contributed by atoms with Gasteiger partial charge in [-0.15, -0.1) is 0 Å². The molecule has 1 atom stereocenters. The fraction of sp³-hybridized carbons (Fsp3) is 0.556. The van der Waals surface area contributed by atoms with E-state index in [0.717, 1.165) is 0 Å². The molecule has 0 bridgehead atoms. The smallest absolute Gasteiger partial charge is 0.149 e. The lowest BCUT2D eigenvalue weighted by Gasteiger charge is -2.20. The van der Waals surface area contributed by atoms with Gasteiger partial charge in [0.15, 0.2) is 0 Å². The highest BCUT2D eigenvalue weighted by atomic mass is 35.5. The molecule has 15 heavy (non-hydrogen) atoms. The molecule has 1 unspecified atom stereocenters. The molecule has 0 aliphatic carbocycles. The average molecular weight is 232 g/mol. The molecular formula is C9H14ClN3O2. The van der Waals surface area contributed by atoms with Gasteiger partial charge in [0, 0.05) is 20.7 Å². The summed E-state index contributed by atoms with van der Waals surface area (Å²) >= 11 is 5.70. The third-order valence-electron chi connectivity index (χ3n) is 1.83. The number of aliphatic hydroxyl groups excluding tert-OH is 1. The number of anilines is 1. The van der Waals surface area contributed by atoms with E-state index in [1.54, 1.807) is 25.3 Å². The predicted octanol–water partition coefficient (Wildman–Crippen LogP) is 0.573. The molecule has 84 valence electrons. The van der Waals surface area contributed by atoms with Gasteiger partial charge in [0.05, 0.1) is 25.1 Å². The molecule has 1 heterocycles. The number of rotatable bonds is 5. The first kappa shape index (κ1) is 12.2. The van der Waals surface area contributed by atoms with Crippen LogP contribution < -0.4 is 4.90 Å². The number of hydrogen-bond acceptors (Lipinski definition) is 5. The topological polar surface area (TPSA) is 58.5 Å². The first-order chi connectivity index (χ1) is 7.13. The van der Waals surface area contributed by atoms with Crippen molar-refractivity contribution in [3.05, 3.63) is 17.5 Å². The summed E-state index contributed by atoms with van der Waals surface area (Å²) in [5.41, 5.74) is 0. The quantitative estimate of drug-likeness (QED) is 0.803. The van der Waals surface area contributed by atoms with Crippen molar-refractivity contribution < 1.29 is 9.84 Å². The number of methoxy groups -OCH3 is 1. The van der Waals surface area contributed by atoms with Crippen molar-refractivity contribution in [1.82, 2.24) is 9.97 Å². The second-order valence-corrected chi connectivity index (χ2v) is 3.58. The fourth-order valence-electron chi connectivity index (χ4n) is 1.17. The Morgan fingerprint density at radius 2 is 2.33 bits per heavy atom. The van der Waals surface area contributed by atoms with Gasteiger partial charge in [-0.3, -0.25) is 4.98 Å². The van der Waals surface area contributed by atoms with Crippen LogP contribution in [0, 0.1) is 0 Å². The molecule has 0 aromatic carbocycles. The highest BCUT2D eigenvalue weighted by Gasteiger charge is 2.09. The summed E-state index contributed by atoms with van der Waals surface area (Å²) in [4.78, 5) is 9.74. The van der Waals surface area contributed by atoms with E-state index in [1.807, 2.05) is 0 Å². The predicted molar refractivity (Wildman–Crippen MR) is 58.2 cm³/mol. The van der Waals surface area contributed by atoms with Gasteiger partial charge >= 0.3 is 0 Å². The summed E-state index contributed by atoms with van der Waals surface area (Å²) in [6.45, 7) is 0.710. The minimum Gasteiger partial charge on any atom is -0.389 e. The van der Waals surface area contributed by atoms with Crippen molar-refractivity contribution >= 4 is 17.4 Å². The molecule has 0 amide bonds. The third-order valence-corrected chi connectivity index (χ3v) is 2.01. The molecule has 0 aliphatic heterocycles. The largest absolute Gasteiger partial charge is 0.389 e. The Kier molecular flexibility index (Phi) is 4.74. The molecule has 0 aliphatic rings. The molecule has 6 heteroatoms. The molecular weight excluding hydrogens is 218 g/mol. The lowest BCUT2D eigenvalue weighted by molar-refractivity contribution is 0.0694. The number of ether oxygens (including phenoxy) is 1. The van der Waals surface area contributed by atoms with Crippen LogP contribution in [0.2, 0.25) is 5.15 Å². The van der Waals surface area contributed by atoms with Gasteiger partial charge in [-0.1, -0.05) is 11.6 Å². The van der Waals surface area contributed by atoms with E-state index in [2.05, 4.69) is 9.97 Å². The molecule has 0 fully saturated rings. The molecule has 0 radical (unpaired) electrons. The van der Waals surface area contributed by atoms with Crippen molar-refractivity contribution in [3.63, 3.8) is 0 Å². The number of halogens is 1. The van der Waals surface area contributed by atoms with Crippen LogP contribution in [0.25, 0.3) is 0 Å². The van der Waals surface area contributed by atoms with Crippen LogP contribution in [-0.2, 0) is 4.74 Å². The van der Waals surface area contributed by atoms with Crippen LogP contribution in [0.1, 0.15) is 0 Å². The Bertz CT molecular complexity index is 311. The number of nitrogens with zero attached hydrogens (tertiary/aromatic N) is 3. The van der Waals surface area contributed by atoms with Crippen LogP contribution in [0.4, 0.5) is 5.82 Å². The number of aliphatic hydroxyl groups is 1. The summed E-state index contributed by atoms with van der Waals surface area (Å²) < 4.78 is 4.83. The Morgan fingerprint density at radius 3 is 2.93 bits per heavy atom. The van der Waals surface area contributed by atoms with Crippen molar-refractivity contribution in [2.75, 3.05) is 32.2 Å². The summed E-state index contributed by atoms with van der Waals surface area (Å²) in [7, 11) is 3.35. The zero-order chi connectivity index (χ0) is 11.3. The van der Waals surface area contributed by atoms with Crippen LogP contribution in [0.5, 0.6) is 0 Å². The Balaban J connectivity index is 2.56. The van der Waals surface area contributed by atoms with Gasteiger partial charge in [0.25, 0.3) is 0 Å². The molecule has 0 saturated carbocycles. The number of hydrogen-bond donors (Lipinski definition) is 1. The SMILES string of the molecule is COCC(O)CN(C)c1cncc(Cl)n1. The average Bonchev–Trinajstić information content (AvgIpc) is 2.18. The van der Waals surface area contributed by atoms with E-state index >= 15 is 0 Å². The summed E-state index contributed by atoms with van der Waals surface area (Å²) in [5, 5.41) is 9.84. The van der Waals surface area contributed by atoms with E-state index in [4.69, 9.17) is 16.3 Å². The number of aromatic nitrogens is 2. The highest BCUT2D eigenvalue weighted by molar-refractivity contribution is 6.29. The Labute approximate surface area is 93.7 Å². The maximum Gasteiger partial charge on any atom is 0.149 e. The maximum absolute atomic E-state index is 9.50. The first-order valence-electron chi connectivity index (χ1n) is 4.49. The van der Waals surface area contributed by atoms with Crippen molar-refractivity contribution in [3.8, 4) is 0 Å². The molecule has 1 aromatic rings. The Morgan fingerprint density at radius 1 is 1.60 bits per heavy atom. The Hall–Kier alpha value is -0.910. The molecule has 0 saturated heterocycles. The third kappa shape index (κ3) is 3.99. The second kappa shape index (κ2) is 5.85. The first-order valence-corrected chi connectivity index (χ1v) is 4.87. The molecule has 1 aromatic heterocycles. The van der Waals surface area contributed by atoms with E-state index in [9.17, 15) is 5.11 Å². The van der Waals surface area contributed by atoms with Crippen molar-refractivity contribution in [2.45, 2.75) is 6.10 Å². The zero-order valence-corrected chi connectivity index (χ0v) is 9.48. The van der Waals surface area contributed by atoms with Gasteiger partial charge < -0.3 is 14.7 Å². The van der Waals surface area contributed by atoms with Gasteiger partial charge in [0.2, 0.25) is 0 Å². The zero-order valence-electron chi connectivity index (χ0n) is 8.72. The molecule has 1 rings (SSSR count). The highest BCUT2D eigenvalue weighted by Crippen LogP contribution is 2.10. The van der Waals surface area contributed by atoms with Gasteiger partial charge in [-0.2, -0.15) is 0 Å². The van der Waals surface area contributed by atoms with Crippen molar-refractivity contribution in [1.29, 1.82) is 0 Å². The van der Waals surface area contributed by atoms with Crippen LogP contribution in [-0.4, -0.2) is 48.5 Å². The lowest BCUT2D eigenvalue weighted by atomic mass is 10.3. The minimum absolute atomic E-state index is 0.290. The van der Waals surface area contributed by atoms with Gasteiger partial charge in [-0.25, -0.2) is 4.98 Å². The monoisotopic (exact) mass is 231 g/mol. The maximum atomic E-state index is 9.50. The van der Waals surface area contributed by atoms with Crippen molar-refractivity contribution in [2.24, 2.45) is 0 Å². The fourth-order valence-corrected chi connectivity index (χ4v) is 1.31. The normalized spacial score (nSPS) is 12.5. The van der Waals surface area contributed by atoms with E-state index in [0.29, 0.717) is 24.1 Å². The standard InChI is InChI=1S/C9H14ClN3O2/c1-13(5-7(14)6-15-2)9-4-11-3-8(10)12-9/h3-4,7,14H,5-6H2,1-2H3. The minimum atomic E-state index is -0.555.